The van der Waals surface area contributed by atoms with Gasteiger partial charge >= 0.3 is 0 Å². The second-order valence-corrected chi connectivity index (χ2v) is 10.5. The number of nitrogens with zero attached hydrogens (tertiary/aromatic N) is 5. The number of para-hydroxylation sites is 2. The van der Waals surface area contributed by atoms with Gasteiger partial charge in [0, 0.05) is 44.0 Å². The van der Waals surface area contributed by atoms with E-state index in [2.05, 4.69) is 31.3 Å². The number of ether oxygens (including phenoxy) is 1. The summed E-state index contributed by atoms with van der Waals surface area (Å²) >= 11 is 3.53. The molecule has 8 nitrogen and oxygen atoms in total. The standard InChI is InChI=1S/C18H19BrN6O.C13H12O/c19-15-10-22-25-17(21-9-13-3-1-5-20-8-13)7-16(23-18(15)25)14-4-2-6-24(11-14)12-26;1-11-7-5-6-10-13(11)14-12-8-3-2-4-9-12/h1,3,5,7-8,10,12,14,21H,2,4,6,9,11H2;2-10H,1H3. The van der Waals surface area contributed by atoms with Crippen LogP contribution in [0.3, 0.4) is 0 Å². The van der Waals surface area contributed by atoms with Crippen molar-refractivity contribution in [2.75, 3.05) is 18.4 Å². The van der Waals surface area contributed by atoms with Crippen LogP contribution in [0.2, 0.25) is 0 Å². The molecule has 1 amide bonds. The first-order valence-corrected chi connectivity index (χ1v) is 14.0. The lowest BCUT2D eigenvalue weighted by Crippen LogP contribution is -2.33. The van der Waals surface area contributed by atoms with Crippen LogP contribution in [0.1, 0.15) is 35.6 Å². The van der Waals surface area contributed by atoms with Crippen LogP contribution in [0, 0.1) is 6.92 Å². The largest absolute Gasteiger partial charge is 0.457 e. The summed E-state index contributed by atoms with van der Waals surface area (Å²) in [6, 6.07) is 23.8. The molecule has 0 saturated carbocycles. The van der Waals surface area contributed by atoms with Crippen molar-refractivity contribution in [3.63, 3.8) is 0 Å². The zero-order valence-corrected chi connectivity index (χ0v) is 23.9. The minimum Gasteiger partial charge on any atom is -0.457 e. The topological polar surface area (TPSA) is 84.7 Å². The fourth-order valence-corrected chi connectivity index (χ4v) is 4.96. The van der Waals surface area contributed by atoms with E-state index in [0.29, 0.717) is 13.1 Å². The molecule has 0 bridgehead atoms. The Bertz CT molecular complexity index is 1540. The average Bonchev–Trinajstić information content (AvgIpc) is 3.39. The Morgan fingerprint density at radius 2 is 1.90 bits per heavy atom. The van der Waals surface area contributed by atoms with Crippen molar-refractivity contribution in [2.24, 2.45) is 0 Å². The first kappa shape index (κ1) is 27.3. The van der Waals surface area contributed by atoms with Crippen LogP contribution in [0.25, 0.3) is 5.65 Å². The van der Waals surface area contributed by atoms with Gasteiger partial charge in [0.05, 0.1) is 16.4 Å². The van der Waals surface area contributed by atoms with Crippen molar-refractivity contribution in [3.8, 4) is 11.5 Å². The van der Waals surface area contributed by atoms with E-state index in [9.17, 15) is 4.79 Å². The van der Waals surface area contributed by atoms with Crippen molar-refractivity contribution < 1.29 is 9.53 Å². The molecule has 6 rings (SSSR count). The smallest absolute Gasteiger partial charge is 0.209 e. The van der Waals surface area contributed by atoms with E-state index in [4.69, 9.17) is 9.72 Å². The van der Waals surface area contributed by atoms with E-state index in [1.54, 1.807) is 16.9 Å². The monoisotopic (exact) mass is 598 g/mol. The molecule has 0 radical (unpaired) electrons. The van der Waals surface area contributed by atoms with Gasteiger partial charge in [0.15, 0.2) is 5.65 Å². The van der Waals surface area contributed by atoms with Gasteiger partial charge in [0.1, 0.15) is 17.3 Å². The molecule has 1 aliphatic rings. The van der Waals surface area contributed by atoms with Crippen molar-refractivity contribution in [2.45, 2.75) is 32.2 Å². The minimum atomic E-state index is 0.236. The lowest BCUT2D eigenvalue weighted by molar-refractivity contribution is -0.119. The van der Waals surface area contributed by atoms with Crippen molar-refractivity contribution in [3.05, 3.63) is 113 Å². The maximum atomic E-state index is 11.2. The molecule has 2 aromatic carbocycles. The average molecular weight is 600 g/mol. The Balaban J connectivity index is 0.000000194. The maximum absolute atomic E-state index is 11.2. The molecular formula is C31H31BrN6O2. The van der Waals surface area contributed by atoms with Crippen LogP contribution in [0.4, 0.5) is 5.82 Å². The van der Waals surface area contributed by atoms with Crippen LogP contribution in [-0.2, 0) is 11.3 Å². The van der Waals surface area contributed by atoms with E-state index < -0.39 is 0 Å². The van der Waals surface area contributed by atoms with Gasteiger partial charge in [-0.2, -0.15) is 9.61 Å². The zero-order chi connectivity index (χ0) is 27.7. The molecule has 204 valence electrons. The van der Waals surface area contributed by atoms with Crippen LogP contribution >= 0.6 is 15.9 Å². The number of pyridine rings is 1. The Kier molecular flexibility index (Phi) is 9.03. The van der Waals surface area contributed by atoms with Gasteiger partial charge in [0.2, 0.25) is 6.41 Å². The Labute approximate surface area is 242 Å². The summed E-state index contributed by atoms with van der Waals surface area (Å²) in [6.45, 7) is 4.22. The Morgan fingerprint density at radius 1 is 1.07 bits per heavy atom. The summed E-state index contributed by atoms with van der Waals surface area (Å²) in [5.74, 6) is 2.91. The Hall–Kier alpha value is -4.24. The number of fused-ring (bicyclic) bond motifs is 1. The molecule has 1 saturated heterocycles. The van der Waals surface area contributed by atoms with Crippen molar-refractivity contribution >= 4 is 33.8 Å². The van der Waals surface area contributed by atoms with E-state index in [1.165, 1.54) is 0 Å². The minimum absolute atomic E-state index is 0.236. The highest BCUT2D eigenvalue weighted by Crippen LogP contribution is 2.29. The third kappa shape index (κ3) is 6.84. The number of hydrogen-bond donors (Lipinski definition) is 1. The van der Waals surface area contributed by atoms with Crippen LogP contribution in [-0.4, -0.2) is 44.0 Å². The highest BCUT2D eigenvalue weighted by Gasteiger charge is 2.23. The number of halogens is 1. The summed E-state index contributed by atoms with van der Waals surface area (Å²) in [5, 5.41) is 7.85. The van der Waals surface area contributed by atoms with Crippen LogP contribution < -0.4 is 10.1 Å². The summed E-state index contributed by atoms with van der Waals surface area (Å²) in [7, 11) is 0. The Morgan fingerprint density at radius 3 is 2.67 bits per heavy atom. The SMILES string of the molecule is Cc1ccccc1Oc1ccccc1.O=CN1CCCC(c2cc(NCc3cccnc3)n3ncc(Br)c3n2)C1. The van der Waals surface area contributed by atoms with Gasteiger partial charge < -0.3 is 15.0 Å². The van der Waals surface area contributed by atoms with E-state index in [-0.39, 0.29) is 5.92 Å². The number of likely N-dealkylation sites (tertiary alicyclic amines) is 1. The van der Waals surface area contributed by atoms with Crippen LogP contribution in [0.5, 0.6) is 11.5 Å². The van der Waals surface area contributed by atoms with Gasteiger partial charge in [-0.25, -0.2) is 4.98 Å². The molecule has 4 heterocycles. The predicted molar refractivity (Wildman–Crippen MR) is 160 cm³/mol. The number of piperidine rings is 1. The number of aryl methyl sites for hydroxylation is 1. The van der Waals surface area contributed by atoms with Gasteiger partial charge in [-0.1, -0.05) is 42.5 Å². The van der Waals surface area contributed by atoms with Gasteiger partial charge in [-0.3, -0.25) is 9.78 Å². The summed E-state index contributed by atoms with van der Waals surface area (Å²) in [6.07, 6.45) is 8.31. The number of benzene rings is 2. The number of nitrogens with one attached hydrogen (secondary N) is 1. The van der Waals surface area contributed by atoms with Gasteiger partial charge in [0.25, 0.3) is 0 Å². The molecule has 1 unspecified atom stereocenters. The molecular weight excluding hydrogens is 568 g/mol. The molecule has 1 aliphatic heterocycles. The number of carbonyl (C=O) groups excluding carboxylic acids is 1. The van der Waals surface area contributed by atoms with Crippen molar-refractivity contribution in [1.29, 1.82) is 0 Å². The molecule has 9 heteroatoms. The number of amides is 1. The van der Waals surface area contributed by atoms with Gasteiger partial charge in [-0.05, 0) is 71.1 Å². The molecule has 1 N–H and O–H groups in total. The number of rotatable bonds is 7. The molecule has 0 aliphatic carbocycles. The highest BCUT2D eigenvalue weighted by atomic mass is 79.9. The lowest BCUT2D eigenvalue weighted by atomic mass is 9.95. The quantitative estimate of drug-likeness (QED) is 0.212. The number of hydrogen-bond acceptors (Lipinski definition) is 6. The van der Waals surface area contributed by atoms with Crippen molar-refractivity contribution in [1.82, 2.24) is 24.5 Å². The van der Waals surface area contributed by atoms with E-state index >= 15 is 0 Å². The molecule has 1 atom stereocenters. The second kappa shape index (κ2) is 13.2. The third-order valence-corrected chi connectivity index (χ3v) is 7.29. The number of anilines is 1. The van der Waals surface area contributed by atoms with Crippen LogP contribution in [0.15, 0.2) is 95.9 Å². The fraction of sp³-hybridized carbons (Fsp3) is 0.226. The lowest BCUT2D eigenvalue weighted by Gasteiger charge is -2.29. The third-order valence-electron chi connectivity index (χ3n) is 6.73. The molecule has 3 aromatic heterocycles. The number of aromatic nitrogens is 4. The summed E-state index contributed by atoms with van der Waals surface area (Å²) < 4.78 is 8.36. The highest BCUT2D eigenvalue weighted by molar-refractivity contribution is 9.10. The normalized spacial score (nSPS) is 14.8. The zero-order valence-electron chi connectivity index (χ0n) is 22.3. The first-order chi connectivity index (χ1) is 19.6. The first-order valence-electron chi connectivity index (χ1n) is 13.3. The van der Waals surface area contributed by atoms with E-state index in [0.717, 1.165) is 70.1 Å². The number of carbonyl (C=O) groups is 1. The molecule has 1 fully saturated rings. The summed E-state index contributed by atoms with van der Waals surface area (Å²) in [5.41, 5.74) is 4.00. The second-order valence-electron chi connectivity index (χ2n) is 9.63. The van der Waals surface area contributed by atoms with Gasteiger partial charge in [-0.15, -0.1) is 0 Å². The predicted octanol–water partition coefficient (Wildman–Crippen LogP) is 6.62. The maximum Gasteiger partial charge on any atom is 0.209 e. The molecule has 0 spiro atoms. The van der Waals surface area contributed by atoms with E-state index in [1.807, 2.05) is 90.8 Å². The fourth-order valence-electron chi connectivity index (χ4n) is 4.62. The molecule has 40 heavy (non-hydrogen) atoms. The summed E-state index contributed by atoms with van der Waals surface area (Å²) in [4.78, 5) is 21.9. The molecule has 5 aromatic rings.